The van der Waals surface area contributed by atoms with Crippen LogP contribution in [0.25, 0.3) is 0 Å². The lowest BCUT2D eigenvalue weighted by Gasteiger charge is -2.45. The number of rotatable bonds is 5. The predicted octanol–water partition coefficient (Wildman–Crippen LogP) is 3.86. The van der Waals surface area contributed by atoms with Crippen LogP contribution in [-0.4, -0.2) is 54.4 Å². The number of aromatic hydroxyl groups is 1. The summed E-state index contributed by atoms with van der Waals surface area (Å²) >= 11 is 0. The summed E-state index contributed by atoms with van der Waals surface area (Å²) in [7, 11) is 0. The van der Waals surface area contributed by atoms with Crippen molar-refractivity contribution in [2.24, 2.45) is 4.99 Å². The first-order valence-electron chi connectivity index (χ1n) is 11.5. The summed E-state index contributed by atoms with van der Waals surface area (Å²) in [6.45, 7) is 7.94. The van der Waals surface area contributed by atoms with Crippen molar-refractivity contribution in [2.75, 3.05) is 33.0 Å². The van der Waals surface area contributed by atoms with Gasteiger partial charge in [-0.2, -0.15) is 0 Å². The highest BCUT2D eigenvalue weighted by Crippen LogP contribution is 2.41. The standard InChI is InChI=1S/C25H31N3O4/c1-3-28-12-10-25(11-13-28)26-19(17-8-9-21-23(14-17)32-16-31-21)15-20(27-25)18-6-5-7-22(24(18)29)30-4-2/h5-9,14,20,27,29H,3-4,10-13,15-16H2,1-2H3/t20-/m0/s1. The molecule has 3 aliphatic rings. The van der Waals surface area contributed by atoms with E-state index in [0.717, 1.165) is 60.8 Å². The molecule has 1 atom stereocenters. The van der Waals surface area contributed by atoms with E-state index in [2.05, 4.69) is 23.2 Å². The second-order valence-corrected chi connectivity index (χ2v) is 8.62. The molecule has 0 bridgehead atoms. The summed E-state index contributed by atoms with van der Waals surface area (Å²) in [5, 5.41) is 14.8. The minimum absolute atomic E-state index is 0.0681. The Balaban J connectivity index is 1.52. The topological polar surface area (TPSA) is 75.5 Å². The van der Waals surface area contributed by atoms with E-state index in [0.29, 0.717) is 18.8 Å². The Hall–Kier alpha value is -2.77. The number of nitrogens with zero attached hydrogens (tertiary/aromatic N) is 2. The Bertz CT molecular complexity index is 1010. The molecule has 3 aliphatic heterocycles. The van der Waals surface area contributed by atoms with Crippen molar-refractivity contribution in [1.82, 2.24) is 10.2 Å². The van der Waals surface area contributed by atoms with Gasteiger partial charge in [-0.25, -0.2) is 0 Å². The minimum atomic E-state index is -0.353. The summed E-state index contributed by atoms with van der Waals surface area (Å²) in [5.74, 6) is 2.26. The van der Waals surface area contributed by atoms with Gasteiger partial charge >= 0.3 is 0 Å². The van der Waals surface area contributed by atoms with E-state index in [9.17, 15) is 5.11 Å². The van der Waals surface area contributed by atoms with E-state index in [4.69, 9.17) is 19.2 Å². The van der Waals surface area contributed by atoms with Gasteiger partial charge in [0.25, 0.3) is 0 Å². The molecule has 170 valence electrons. The molecule has 0 aromatic heterocycles. The Labute approximate surface area is 189 Å². The smallest absolute Gasteiger partial charge is 0.231 e. The van der Waals surface area contributed by atoms with E-state index in [1.54, 1.807) is 0 Å². The molecule has 2 N–H and O–H groups in total. The van der Waals surface area contributed by atoms with Crippen molar-refractivity contribution in [1.29, 1.82) is 0 Å². The zero-order valence-electron chi connectivity index (χ0n) is 18.8. The van der Waals surface area contributed by atoms with E-state index in [1.165, 1.54) is 0 Å². The van der Waals surface area contributed by atoms with Crippen LogP contribution < -0.4 is 19.5 Å². The molecule has 1 spiro atoms. The fraction of sp³-hybridized carbons (Fsp3) is 0.480. The lowest BCUT2D eigenvalue weighted by molar-refractivity contribution is 0.129. The predicted molar refractivity (Wildman–Crippen MR) is 123 cm³/mol. The first kappa shape index (κ1) is 21.1. The molecule has 32 heavy (non-hydrogen) atoms. The largest absolute Gasteiger partial charge is 0.504 e. The molecule has 5 rings (SSSR count). The minimum Gasteiger partial charge on any atom is -0.504 e. The number of hydrogen-bond donors (Lipinski definition) is 2. The Morgan fingerprint density at radius 3 is 2.75 bits per heavy atom. The zero-order valence-corrected chi connectivity index (χ0v) is 18.8. The number of para-hydroxylation sites is 1. The molecule has 0 unspecified atom stereocenters. The molecular formula is C25H31N3O4. The van der Waals surface area contributed by atoms with Gasteiger partial charge in [-0.3, -0.25) is 10.3 Å². The third kappa shape index (κ3) is 3.91. The number of ether oxygens (including phenoxy) is 3. The summed E-state index contributed by atoms with van der Waals surface area (Å²) in [6, 6.07) is 11.7. The van der Waals surface area contributed by atoms with Crippen LogP contribution in [0.3, 0.4) is 0 Å². The number of phenols is 1. The maximum absolute atomic E-state index is 11.0. The highest BCUT2D eigenvalue weighted by Gasteiger charge is 2.40. The number of likely N-dealkylation sites (tertiary alicyclic amines) is 1. The van der Waals surface area contributed by atoms with Crippen LogP contribution >= 0.6 is 0 Å². The first-order chi connectivity index (χ1) is 15.6. The monoisotopic (exact) mass is 437 g/mol. The molecular weight excluding hydrogens is 406 g/mol. The van der Waals surface area contributed by atoms with Gasteiger partial charge in [0, 0.05) is 36.8 Å². The van der Waals surface area contributed by atoms with Crippen molar-refractivity contribution in [2.45, 2.75) is 44.8 Å². The number of piperidine rings is 1. The molecule has 1 fully saturated rings. The lowest BCUT2D eigenvalue weighted by Crippen LogP contribution is -2.56. The third-order valence-corrected chi connectivity index (χ3v) is 6.73. The van der Waals surface area contributed by atoms with Crippen molar-refractivity contribution in [3.63, 3.8) is 0 Å². The van der Waals surface area contributed by atoms with Gasteiger partial charge in [0.05, 0.1) is 6.61 Å². The Morgan fingerprint density at radius 1 is 1.16 bits per heavy atom. The molecule has 0 aliphatic carbocycles. The normalized spacial score (nSPS) is 22.1. The van der Waals surface area contributed by atoms with Crippen LogP contribution in [0, 0.1) is 0 Å². The molecule has 0 saturated carbocycles. The second-order valence-electron chi connectivity index (χ2n) is 8.62. The van der Waals surface area contributed by atoms with E-state index in [1.807, 2.05) is 37.3 Å². The number of benzene rings is 2. The number of aliphatic imine (C=N–C) groups is 1. The number of phenolic OH excluding ortho intramolecular Hbond substituents is 1. The maximum atomic E-state index is 11.0. The zero-order chi connectivity index (χ0) is 22.1. The van der Waals surface area contributed by atoms with Crippen LogP contribution in [-0.2, 0) is 0 Å². The van der Waals surface area contributed by atoms with Crippen LogP contribution in [0.15, 0.2) is 41.4 Å². The maximum Gasteiger partial charge on any atom is 0.231 e. The van der Waals surface area contributed by atoms with E-state index >= 15 is 0 Å². The molecule has 1 saturated heterocycles. The number of fused-ring (bicyclic) bond motifs is 1. The van der Waals surface area contributed by atoms with E-state index in [-0.39, 0.29) is 24.2 Å². The second kappa shape index (κ2) is 8.64. The van der Waals surface area contributed by atoms with Crippen molar-refractivity contribution >= 4 is 5.71 Å². The van der Waals surface area contributed by atoms with Crippen molar-refractivity contribution < 1.29 is 19.3 Å². The molecule has 3 heterocycles. The van der Waals surface area contributed by atoms with E-state index < -0.39 is 0 Å². The highest BCUT2D eigenvalue weighted by molar-refractivity contribution is 6.02. The van der Waals surface area contributed by atoms with Crippen molar-refractivity contribution in [3.8, 4) is 23.0 Å². The van der Waals surface area contributed by atoms with Gasteiger partial charge in [0.15, 0.2) is 23.0 Å². The fourth-order valence-corrected chi connectivity index (χ4v) is 4.94. The SMILES string of the molecule is CCOc1cccc([C@@H]2CC(c3ccc4c(c3)OCO4)=NC3(CCN(CC)CC3)N2)c1O. The lowest BCUT2D eigenvalue weighted by atomic mass is 9.87. The Morgan fingerprint density at radius 2 is 1.97 bits per heavy atom. The summed E-state index contributed by atoms with van der Waals surface area (Å²) in [5.41, 5.74) is 2.56. The average molecular weight is 438 g/mol. The first-order valence-corrected chi connectivity index (χ1v) is 11.5. The van der Waals surface area contributed by atoms with Gasteiger partial charge in [0.2, 0.25) is 6.79 Å². The van der Waals surface area contributed by atoms with Crippen LogP contribution in [0.5, 0.6) is 23.0 Å². The van der Waals surface area contributed by atoms with Gasteiger partial charge in [0.1, 0.15) is 5.66 Å². The van der Waals surface area contributed by atoms with Gasteiger partial charge in [-0.1, -0.05) is 19.1 Å². The van der Waals surface area contributed by atoms with Gasteiger partial charge in [-0.05, 0) is 56.1 Å². The molecule has 0 amide bonds. The highest BCUT2D eigenvalue weighted by atomic mass is 16.7. The molecule has 2 aromatic carbocycles. The Kier molecular flexibility index (Phi) is 5.69. The quantitative estimate of drug-likeness (QED) is 0.740. The molecule has 0 radical (unpaired) electrons. The molecule has 7 nitrogen and oxygen atoms in total. The van der Waals surface area contributed by atoms with Crippen LogP contribution in [0.4, 0.5) is 0 Å². The number of nitrogens with one attached hydrogen (secondary N) is 1. The van der Waals surface area contributed by atoms with Crippen LogP contribution in [0.2, 0.25) is 0 Å². The fourth-order valence-electron chi connectivity index (χ4n) is 4.94. The van der Waals surface area contributed by atoms with Gasteiger partial charge < -0.3 is 24.2 Å². The third-order valence-electron chi connectivity index (χ3n) is 6.73. The summed E-state index contributed by atoms with van der Waals surface area (Å²) in [4.78, 5) is 7.73. The van der Waals surface area contributed by atoms with Crippen LogP contribution in [0.1, 0.15) is 50.3 Å². The average Bonchev–Trinajstić information content (AvgIpc) is 3.29. The summed E-state index contributed by atoms with van der Waals surface area (Å²) in [6.07, 6.45) is 2.52. The summed E-state index contributed by atoms with van der Waals surface area (Å²) < 4.78 is 16.8. The van der Waals surface area contributed by atoms with Crippen molar-refractivity contribution in [3.05, 3.63) is 47.5 Å². The van der Waals surface area contributed by atoms with Gasteiger partial charge in [-0.15, -0.1) is 0 Å². The molecule has 2 aromatic rings. The number of hydrogen-bond acceptors (Lipinski definition) is 7. The molecule has 7 heteroatoms.